The zero-order valence-electron chi connectivity index (χ0n) is 8.46. The maximum Gasteiger partial charge on any atom is 0.230 e. The van der Waals surface area contributed by atoms with Gasteiger partial charge in [-0.1, -0.05) is 12.1 Å². The lowest BCUT2D eigenvalue weighted by Crippen LogP contribution is -2.04. The second-order valence-electron chi connectivity index (χ2n) is 3.36. The summed E-state index contributed by atoms with van der Waals surface area (Å²) in [6.07, 6.45) is 1.50. The van der Waals surface area contributed by atoms with E-state index in [1.54, 1.807) is 6.07 Å². The minimum atomic E-state index is -0.0926. The van der Waals surface area contributed by atoms with Gasteiger partial charge in [-0.3, -0.25) is 4.79 Å². The summed E-state index contributed by atoms with van der Waals surface area (Å²) in [4.78, 5) is 12.2. The van der Waals surface area contributed by atoms with Gasteiger partial charge in [-0.25, -0.2) is 0 Å². The van der Waals surface area contributed by atoms with Crippen molar-refractivity contribution in [2.24, 2.45) is 0 Å². The maximum absolute atomic E-state index is 12.2. The number of carbonyl (C=O) groups is 1. The normalized spacial score (nSPS) is 10.4. The van der Waals surface area contributed by atoms with E-state index >= 15 is 0 Å². The molecule has 0 saturated heterocycles. The van der Waals surface area contributed by atoms with Crippen molar-refractivity contribution in [3.05, 3.63) is 55.5 Å². The van der Waals surface area contributed by atoms with Crippen LogP contribution in [0.3, 0.4) is 0 Å². The van der Waals surface area contributed by atoms with Gasteiger partial charge in [0.15, 0.2) is 5.76 Å². The number of hydrogen-bond donors (Lipinski definition) is 0. The van der Waals surface area contributed by atoms with Crippen molar-refractivity contribution in [3.63, 3.8) is 0 Å². The average Bonchev–Trinajstić information content (AvgIpc) is 2.68. The molecule has 0 fully saturated rings. The summed E-state index contributed by atoms with van der Waals surface area (Å²) in [6, 6.07) is 7.39. The second-order valence-corrected chi connectivity index (χ2v) is 5.30. The van der Waals surface area contributed by atoms with Crippen molar-refractivity contribution < 1.29 is 9.21 Å². The van der Waals surface area contributed by atoms with Crippen molar-refractivity contribution in [1.29, 1.82) is 0 Å². The van der Waals surface area contributed by atoms with Gasteiger partial charge in [0, 0.05) is 9.13 Å². The van der Waals surface area contributed by atoms with E-state index in [1.165, 1.54) is 6.26 Å². The fourth-order valence-electron chi connectivity index (χ4n) is 1.40. The van der Waals surface area contributed by atoms with Crippen LogP contribution < -0.4 is 0 Å². The molecule has 4 heteroatoms. The van der Waals surface area contributed by atoms with E-state index in [0.717, 1.165) is 9.13 Å². The molecular weight excluding hydrogens is 383 g/mol. The molecule has 0 aliphatic heterocycles. The van der Waals surface area contributed by atoms with Crippen LogP contribution in [0.2, 0.25) is 0 Å². The Bertz CT molecular complexity index is 546. The number of carbonyl (C=O) groups excluding carboxylic acids is 1. The lowest BCUT2D eigenvalue weighted by atomic mass is 10.1. The minimum absolute atomic E-state index is 0.0926. The summed E-state index contributed by atoms with van der Waals surface area (Å²) < 4.78 is 6.83. The number of aryl methyl sites for hydroxylation is 1. The molecule has 0 unspecified atom stereocenters. The Hall–Kier alpha value is -0.620. The Morgan fingerprint density at radius 3 is 2.75 bits per heavy atom. The molecule has 0 aliphatic carbocycles. The third-order valence-corrected chi connectivity index (χ3v) is 4.32. The van der Waals surface area contributed by atoms with E-state index in [0.29, 0.717) is 15.8 Å². The zero-order valence-corrected chi connectivity index (χ0v) is 12.2. The minimum Gasteiger partial charge on any atom is -0.460 e. The number of benzene rings is 1. The monoisotopic (exact) mass is 390 g/mol. The summed E-state index contributed by atoms with van der Waals surface area (Å²) in [7, 11) is 0. The zero-order chi connectivity index (χ0) is 11.7. The summed E-state index contributed by atoms with van der Waals surface area (Å²) in [5.74, 6) is 0.258. The molecule has 0 N–H and O–H groups in total. The van der Waals surface area contributed by atoms with Crippen LogP contribution in [0.1, 0.15) is 21.7 Å². The van der Waals surface area contributed by atoms with E-state index < -0.39 is 0 Å². The number of hydrogen-bond acceptors (Lipinski definition) is 2. The lowest BCUT2D eigenvalue weighted by molar-refractivity contribution is 0.101. The van der Waals surface area contributed by atoms with Crippen LogP contribution in [0.5, 0.6) is 0 Å². The highest BCUT2D eigenvalue weighted by atomic mass is 127. The first-order valence-corrected chi connectivity index (χ1v) is 6.51. The molecule has 16 heavy (non-hydrogen) atoms. The fraction of sp³-hybridized carbons (Fsp3) is 0.0833. The Labute approximate surface area is 115 Å². The fourth-order valence-corrected chi connectivity index (χ4v) is 2.39. The van der Waals surface area contributed by atoms with E-state index in [2.05, 4.69) is 38.5 Å². The van der Waals surface area contributed by atoms with Crippen LogP contribution in [-0.2, 0) is 0 Å². The van der Waals surface area contributed by atoms with Gasteiger partial charge in [0.2, 0.25) is 5.78 Å². The van der Waals surface area contributed by atoms with Crippen LogP contribution in [0.25, 0.3) is 0 Å². The first-order valence-electron chi connectivity index (χ1n) is 4.64. The quantitative estimate of drug-likeness (QED) is 0.568. The lowest BCUT2D eigenvalue weighted by Gasteiger charge is -2.04. The standard InChI is InChI=1S/C12H8BrIO2/c1-7-3-2-4-8(10(7)14)11(15)12-9(13)5-6-16-12/h2-6H,1H3. The maximum atomic E-state index is 12.2. The predicted molar refractivity (Wildman–Crippen MR) is 73.7 cm³/mol. The highest BCUT2D eigenvalue weighted by Gasteiger charge is 2.18. The molecule has 0 bridgehead atoms. The number of ketones is 1. The SMILES string of the molecule is Cc1cccc(C(=O)c2occc2Br)c1I. The van der Waals surface area contributed by atoms with Gasteiger partial charge in [0.05, 0.1) is 10.7 Å². The summed E-state index contributed by atoms with van der Waals surface area (Å²) in [6.45, 7) is 1.98. The van der Waals surface area contributed by atoms with Gasteiger partial charge in [-0.05, 0) is 63.1 Å². The third-order valence-electron chi connectivity index (χ3n) is 2.26. The van der Waals surface area contributed by atoms with Gasteiger partial charge in [-0.15, -0.1) is 0 Å². The molecule has 1 aromatic carbocycles. The molecule has 0 amide bonds. The first kappa shape index (κ1) is 11.9. The van der Waals surface area contributed by atoms with Gasteiger partial charge < -0.3 is 4.42 Å². The van der Waals surface area contributed by atoms with E-state index in [-0.39, 0.29) is 5.78 Å². The number of halogens is 2. The van der Waals surface area contributed by atoms with Gasteiger partial charge in [0.1, 0.15) is 0 Å². The molecule has 1 aromatic heterocycles. The van der Waals surface area contributed by atoms with Crippen molar-refractivity contribution in [2.45, 2.75) is 6.92 Å². The Balaban J connectivity index is 2.50. The highest BCUT2D eigenvalue weighted by Crippen LogP contribution is 2.24. The third kappa shape index (κ3) is 2.08. The Morgan fingerprint density at radius 1 is 1.38 bits per heavy atom. The molecule has 0 saturated carbocycles. The van der Waals surface area contributed by atoms with Gasteiger partial charge in [0.25, 0.3) is 0 Å². The van der Waals surface area contributed by atoms with Crippen molar-refractivity contribution in [2.75, 3.05) is 0 Å². The van der Waals surface area contributed by atoms with E-state index in [9.17, 15) is 4.79 Å². The summed E-state index contributed by atoms with van der Waals surface area (Å²) in [5, 5.41) is 0. The van der Waals surface area contributed by atoms with Crippen LogP contribution in [-0.4, -0.2) is 5.78 Å². The summed E-state index contributed by atoms with van der Waals surface area (Å²) >= 11 is 5.47. The largest absolute Gasteiger partial charge is 0.460 e. The molecule has 2 nitrogen and oxygen atoms in total. The molecular formula is C12H8BrIO2. The van der Waals surface area contributed by atoms with Gasteiger partial charge in [-0.2, -0.15) is 0 Å². The van der Waals surface area contributed by atoms with Crippen LogP contribution in [0.15, 0.2) is 39.4 Å². The molecule has 0 atom stereocenters. The van der Waals surface area contributed by atoms with Crippen molar-refractivity contribution in [1.82, 2.24) is 0 Å². The highest BCUT2D eigenvalue weighted by molar-refractivity contribution is 14.1. The van der Waals surface area contributed by atoms with Crippen LogP contribution >= 0.6 is 38.5 Å². The van der Waals surface area contributed by atoms with Crippen molar-refractivity contribution in [3.8, 4) is 0 Å². The average molecular weight is 391 g/mol. The predicted octanol–water partition coefficient (Wildman–Crippen LogP) is 4.19. The van der Waals surface area contributed by atoms with Crippen LogP contribution in [0, 0.1) is 10.5 Å². The second kappa shape index (κ2) is 4.71. The topological polar surface area (TPSA) is 30.2 Å². The Kier molecular flexibility index (Phi) is 3.49. The van der Waals surface area contributed by atoms with E-state index in [4.69, 9.17) is 4.42 Å². The molecule has 1 heterocycles. The Morgan fingerprint density at radius 2 is 2.12 bits per heavy atom. The summed E-state index contributed by atoms with van der Waals surface area (Å²) in [5.41, 5.74) is 1.77. The number of rotatable bonds is 2. The molecule has 82 valence electrons. The van der Waals surface area contributed by atoms with Gasteiger partial charge >= 0.3 is 0 Å². The number of furan rings is 1. The smallest absolute Gasteiger partial charge is 0.230 e. The molecule has 2 aromatic rings. The molecule has 0 aliphatic rings. The molecule has 2 rings (SSSR count). The molecule has 0 spiro atoms. The van der Waals surface area contributed by atoms with E-state index in [1.807, 2.05) is 25.1 Å². The first-order chi connectivity index (χ1) is 7.61. The molecule has 0 radical (unpaired) electrons. The van der Waals surface area contributed by atoms with Crippen LogP contribution in [0.4, 0.5) is 0 Å². The van der Waals surface area contributed by atoms with Crippen molar-refractivity contribution >= 4 is 44.3 Å².